The fraction of sp³-hybridized carbons (Fsp3) is 0.600. The minimum atomic E-state index is 0.407. The van der Waals surface area contributed by atoms with E-state index < -0.39 is 0 Å². The van der Waals surface area contributed by atoms with Crippen LogP contribution in [0.5, 0.6) is 0 Å². The van der Waals surface area contributed by atoms with Gasteiger partial charge in [0.15, 0.2) is 0 Å². The standard InChI is InChI=1S/C10H14ClN3S/c1-7(4-5-11)15-10-9(6-12)8(2)13-14(10)3/h7H,4-5H2,1-3H3. The molecule has 0 aliphatic rings. The van der Waals surface area contributed by atoms with Gasteiger partial charge in [-0.3, -0.25) is 4.68 Å². The predicted octanol–water partition coefficient (Wildman–Crippen LogP) is 2.71. The highest BCUT2D eigenvalue weighted by atomic mass is 35.5. The molecule has 1 heterocycles. The Balaban J connectivity index is 2.89. The van der Waals surface area contributed by atoms with E-state index >= 15 is 0 Å². The molecule has 82 valence electrons. The van der Waals surface area contributed by atoms with Crippen LogP contribution in [0, 0.1) is 18.3 Å². The molecule has 0 saturated heterocycles. The van der Waals surface area contributed by atoms with Gasteiger partial charge in [-0.15, -0.1) is 23.4 Å². The minimum absolute atomic E-state index is 0.407. The molecule has 0 aromatic carbocycles. The van der Waals surface area contributed by atoms with Gasteiger partial charge in [-0.25, -0.2) is 0 Å². The average molecular weight is 244 g/mol. The molecular weight excluding hydrogens is 230 g/mol. The zero-order valence-corrected chi connectivity index (χ0v) is 10.7. The van der Waals surface area contributed by atoms with E-state index in [-0.39, 0.29) is 0 Å². The predicted molar refractivity (Wildman–Crippen MR) is 63.3 cm³/mol. The third-order valence-electron chi connectivity index (χ3n) is 2.11. The Labute approximate surface area is 99.4 Å². The zero-order chi connectivity index (χ0) is 11.4. The summed E-state index contributed by atoms with van der Waals surface area (Å²) >= 11 is 7.34. The lowest BCUT2D eigenvalue weighted by Crippen LogP contribution is -2.01. The second-order valence-corrected chi connectivity index (χ2v) is 5.21. The number of alkyl halides is 1. The van der Waals surface area contributed by atoms with Crippen molar-refractivity contribution in [3.8, 4) is 6.07 Å². The molecule has 15 heavy (non-hydrogen) atoms. The third-order valence-corrected chi connectivity index (χ3v) is 3.66. The molecule has 0 N–H and O–H groups in total. The van der Waals surface area contributed by atoms with Crippen molar-refractivity contribution in [1.82, 2.24) is 9.78 Å². The molecule has 1 atom stereocenters. The summed E-state index contributed by atoms with van der Waals surface area (Å²) in [6.45, 7) is 3.96. The summed E-state index contributed by atoms with van der Waals surface area (Å²) in [6.07, 6.45) is 0.932. The number of hydrogen-bond donors (Lipinski definition) is 0. The van der Waals surface area contributed by atoms with Crippen molar-refractivity contribution in [2.45, 2.75) is 30.5 Å². The third kappa shape index (κ3) is 2.90. The lowest BCUT2D eigenvalue weighted by Gasteiger charge is -2.09. The van der Waals surface area contributed by atoms with Crippen molar-refractivity contribution in [3.05, 3.63) is 11.3 Å². The summed E-state index contributed by atoms with van der Waals surface area (Å²) in [5, 5.41) is 14.6. The Morgan fingerprint density at radius 2 is 2.33 bits per heavy atom. The van der Waals surface area contributed by atoms with Crippen LogP contribution >= 0.6 is 23.4 Å². The maximum atomic E-state index is 9.01. The summed E-state index contributed by atoms with van der Waals surface area (Å²) in [7, 11) is 1.86. The summed E-state index contributed by atoms with van der Waals surface area (Å²) in [5.41, 5.74) is 1.48. The fourth-order valence-electron chi connectivity index (χ4n) is 1.30. The number of nitriles is 1. The summed E-state index contributed by atoms with van der Waals surface area (Å²) in [4.78, 5) is 0. The Morgan fingerprint density at radius 1 is 1.67 bits per heavy atom. The molecule has 0 fully saturated rings. The maximum Gasteiger partial charge on any atom is 0.112 e. The zero-order valence-electron chi connectivity index (χ0n) is 9.12. The Morgan fingerprint density at radius 3 is 2.87 bits per heavy atom. The Hall–Kier alpha value is -0.660. The van der Waals surface area contributed by atoms with Gasteiger partial charge in [0.05, 0.1) is 5.69 Å². The monoisotopic (exact) mass is 243 g/mol. The van der Waals surface area contributed by atoms with Gasteiger partial charge in [0.2, 0.25) is 0 Å². The molecule has 1 rings (SSSR count). The van der Waals surface area contributed by atoms with Gasteiger partial charge in [-0.2, -0.15) is 10.4 Å². The van der Waals surface area contributed by atoms with Crippen LogP contribution in [0.4, 0.5) is 0 Å². The van der Waals surface area contributed by atoms with Gasteiger partial charge in [0.25, 0.3) is 0 Å². The van der Waals surface area contributed by atoms with Crippen LogP contribution in [-0.4, -0.2) is 20.9 Å². The van der Waals surface area contributed by atoms with Crippen LogP contribution in [0.25, 0.3) is 0 Å². The van der Waals surface area contributed by atoms with E-state index in [0.717, 1.165) is 17.1 Å². The molecule has 0 aliphatic heterocycles. The molecule has 1 unspecified atom stereocenters. The molecule has 1 aromatic heterocycles. The van der Waals surface area contributed by atoms with Crippen molar-refractivity contribution < 1.29 is 0 Å². The number of halogens is 1. The Kier molecular flexibility index (Phi) is 4.49. The second kappa shape index (κ2) is 5.43. The lowest BCUT2D eigenvalue weighted by molar-refractivity contribution is 0.689. The number of aromatic nitrogens is 2. The van der Waals surface area contributed by atoms with Crippen molar-refractivity contribution >= 4 is 23.4 Å². The first-order valence-corrected chi connectivity index (χ1v) is 6.17. The number of hydrogen-bond acceptors (Lipinski definition) is 3. The molecule has 5 heteroatoms. The van der Waals surface area contributed by atoms with Crippen LogP contribution in [0.3, 0.4) is 0 Å². The van der Waals surface area contributed by atoms with Crippen LogP contribution in [0.2, 0.25) is 0 Å². The van der Waals surface area contributed by atoms with E-state index in [1.807, 2.05) is 14.0 Å². The lowest BCUT2D eigenvalue weighted by atomic mass is 10.3. The smallest absolute Gasteiger partial charge is 0.112 e. The Bertz CT molecular complexity index is 381. The molecule has 3 nitrogen and oxygen atoms in total. The van der Waals surface area contributed by atoms with Crippen molar-refractivity contribution in [3.63, 3.8) is 0 Å². The topological polar surface area (TPSA) is 41.6 Å². The highest BCUT2D eigenvalue weighted by Crippen LogP contribution is 2.29. The summed E-state index contributed by atoms with van der Waals surface area (Å²) in [5.74, 6) is 0.646. The molecule has 0 bridgehead atoms. The van der Waals surface area contributed by atoms with Crippen LogP contribution < -0.4 is 0 Å². The van der Waals surface area contributed by atoms with E-state index in [0.29, 0.717) is 16.7 Å². The summed E-state index contributed by atoms with van der Waals surface area (Å²) in [6, 6.07) is 2.20. The number of aryl methyl sites for hydroxylation is 2. The van der Waals surface area contributed by atoms with Crippen LogP contribution in [-0.2, 0) is 7.05 Å². The van der Waals surface area contributed by atoms with E-state index in [4.69, 9.17) is 16.9 Å². The second-order valence-electron chi connectivity index (χ2n) is 3.41. The minimum Gasteiger partial charge on any atom is -0.260 e. The van der Waals surface area contributed by atoms with E-state index in [9.17, 15) is 0 Å². The molecular formula is C10H14ClN3S. The fourth-order valence-corrected chi connectivity index (χ4v) is 2.88. The number of rotatable bonds is 4. The molecule has 1 aromatic rings. The van der Waals surface area contributed by atoms with Gasteiger partial charge in [0, 0.05) is 18.2 Å². The van der Waals surface area contributed by atoms with Crippen molar-refractivity contribution in [2.75, 3.05) is 5.88 Å². The average Bonchev–Trinajstić information content (AvgIpc) is 2.42. The largest absolute Gasteiger partial charge is 0.260 e. The molecule has 0 spiro atoms. The first-order chi connectivity index (χ1) is 7.10. The maximum absolute atomic E-state index is 9.01. The van der Waals surface area contributed by atoms with Crippen LogP contribution in [0.1, 0.15) is 24.6 Å². The highest BCUT2D eigenvalue weighted by molar-refractivity contribution is 7.99. The van der Waals surface area contributed by atoms with Gasteiger partial charge in [-0.05, 0) is 13.3 Å². The van der Waals surface area contributed by atoms with E-state index in [2.05, 4.69) is 18.1 Å². The molecule has 0 saturated carbocycles. The quantitative estimate of drug-likeness (QED) is 0.603. The number of thioether (sulfide) groups is 1. The van der Waals surface area contributed by atoms with Gasteiger partial charge < -0.3 is 0 Å². The van der Waals surface area contributed by atoms with Gasteiger partial charge in [0.1, 0.15) is 16.7 Å². The summed E-state index contributed by atoms with van der Waals surface area (Å²) < 4.78 is 1.77. The van der Waals surface area contributed by atoms with Crippen molar-refractivity contribution in [1.29, 1.82) is 5.26 Å². The first-order valence-electron chi connectivity index (χ1n) is 4.76. The van der Waals surface area contributed by atoms with E-state index in [1.165, 1.54) is 0 Å². The molecule has 0 amide bonds. The molecule has 0 radical (unpaired) electrons. The van der Waals surface area contributed by atoms with Gasteiger partial charge in [-0.1, -0.05) is 6.92 Å². The molecule has 0 aliphatic carbocycles. The SMILES string of the molecule is Cc1nn(C)c(SC(C)CCCl)c1C#N. The normalized spacial score (nSPS) is 12.5. The first kappa shape index (κ1) is 12.4. The van der Waals surface area contributed by atoms with E-state index in [1.54, 1.807) is 16.4 Å². The number of nitrogens with zero attached hydrogens (tertiary/aromatic N) is 3. The van der Waals surface area contributed by atoms with Crippen molar-refractivity contribution in [2.24, 2.45) is 7.05 Å². The van der Waals surface area contributed by atoms with Gasteiger partial charge >= 0.3 is 0 Å². The van der Waals surface area contributed by atoms with Crippen LogP contribution in [0.15, 0.2) is 5.03 Å². The highest BCUT2D eigenvalue weighted by Gasteiger charge is 2.15.